The van der Waals surface area contributed by atoms with Crippen LogP contribution in [0.15, 0.2) is 36.7 Å². The zero-order valence-electron chi connectivity index (χ0n) is 17.7. The van der Waals surface area contributed by atoms with Crippen molar-refractivity contribution >= 4 is 17.3 Å². The third-order valence-corrected chi connectivity index (χ3v) is 6.49. The number of hydrogen-bond acceptors (Lipinski definition) is 4. The van der Waals surface area contributed by atoms with Crippen LogP contribution in [0.5, 0.6) is 0 Å². The number of amides is 1. The molecular weight excluding hydrogens is 360 g/mol. The average molecular weight is 393 g/mol. The van der Waals surface area contributed by atoms with Gasteiger partial charge >= 0.3 is 0 Å². The van der Waals surface area contributed by atoms with E-state index < -0.39 is 0 Å². The van der Waals surface area contributed by atoms with Gasteiger partial charge in [-0.05, 0) is 49.9 Å². The van der Waals surface area contributed by atoms with Gasteiger partial charge in [-0.3, -0.25) is 9.78 Å². The first-order valence-corrected chi connectivity index (χ1v) is 10.9. The van der Waals surface area contributed by atoms with Gasteiger partial charge in [0.2, 0.25) is 0 Å². The van der Waals surface area contributed by atoms with E-state index in [0.717, 1.165) is 44.7 Å². The lowest BCUT2D eigenvalue weighted by atomic mass is 9.95. The molecule has 29 heavy (non-hydrogen) atoms. The first-order valence-electron chi connectivity index (χ1n) is 10.9. The van der Waals surface area contributed by atoms with E-state index in [1.807, 2.05) is 12.3 Å². The number of pyridine rings is 1. The van der Waals surface area contributed by atoms with Crippen LogP contribution in [0.3, 0.4) is 0 Å². The summed E-state index contributed by atoms with van der Waals surface area (Å²) in [6, 6.07) is 8.85. The molecule has 5 nitrogen and oxygen atoms in total. The van der Waals surface area contributed by atoms with E-state index in [-0.39, 0.29) is 5.91 Å². The molecule has 0 spiro atoms. The molecule has 1 aromatic heterocycles. The summed E-state index contributed by atoms with van der Waals surface area (Å²) in [5.74, 6) is 0.0141. The van der Waals surface area contributed by atoms with Gasteiger partial charge in [0.15, 0.2) is 0 Å². The van der Waals surface area contributed by atoms with Gasteiger partial charge in [0.1, 0.15) is 0 Å². The lowest BCUT2D eigenvalue weighted by molar-refractivity contribution is 0.0927. The molecule has 154 valence electrons. The van der Waals surface area contributed by atoms with Crippen molar-refractivity contribution in [3.63, 3.8) is 0 Å². The molecule has 2 heterocycles. The van der Waals surface area contributed by atoms with Crippen LogP contribution in [0.1, 0.15) is 53.6 Å². The van der Waals surface area contributed by atoms with Crippen LogP contribution in [-0.4, -0.2) is 43.1 Å². The molecule has 1 saturated carbocycles. The summed E-state index contributed by atoms with van der Waals surface area (Å²) in [6.45, 7) is 8.19. The fourth-order valence-corrected chi connectivity index (χ4v) is 4.52. The molecule has 2 fully saturated rings. The quantitative estimate of drug-likeness (QED) is 0.851. The Hall–Kier alpha value is -2.56. The highest BCUT2D eigenvalue weighted by molar-refractivity contribution is 5.95. The molecule has 0 unspecified atom stereocenters. The molecule has 1 aliphatic carbocycles. The van der Waals surface area contributed by atoms with E-state index in [2.05, 4.69) is 52.1 Å². The van der Waals surface area contributed by atoms with E-state index in [0.29, 0.717) is 11.6 Å². The molecular formula is C24H32N4O. The SMILES string of the molecule is Cc1cccc(N2CCN(c3cncc(C(=O)NC4CCCCC4)c3)CC2)c1C. The minimum absolute atomic E-state index is 0.0141. The second-order valence-corrected chi connectivity index (χ2v) is 8.43. The predicted octanol–water partition coefficient (Wildman–Crippen LogP) is 4.09. The van der Waals surface area contributed by atoms with Gasteiger partial charge in [-0.2, -0.15) is 0 Å². The minimum atomic E-state index is 0.0141. The Kier molecular flexibility index (Phi) is 6.02. The van der Waals surface area contributed by atoms with Crippen LogP contribution < -0.4 is 15.1 Å². The molecule has 1 amide bonds. The van der Waals surface area contributed by atoms with Gasteiger partial charge < -0.3 is 15.1 Å². The molecule has 1 aromatic carbocycles. The number of hydrogen-bond donors (Lipinski definition) is 1. The van der Waals surface area contributed by atoms with Crippen LogP contribution in [0.25, 0.3) is 0 Å². The highest BCUT2D eigenvalue weighted by atomic mass is 16.1. The van der Waals surface area contributed by atoms with Crippen LogP contribution in [0.4, 0.5) is 11.4 Å². The zero-order chi connectivity index (χ0) is 20.2. The third kappa shape index (κ3) is 4.55. The third-order valence-electron chi connectivity index (χ3n) is 6.49. The fraction of sp³-hybridized carbons (Fsp3) is 0.500. The second-order valence-electron chi connectivity index (χ2n) is 8.43. The Balaban J connectivity index is 1.39. The van der Waals surface area contributed by atoms with Crippen molar-refractivity contribution in [2.75, 3.05) is 36.0 Å². The number of aryl methyl sites for hydroxylation is 1. The van der Waals surface area contributed by atoms with Crippen LogP contribution in [-0.2, 0) is 0 Å². The Labute approximate surface area is 174 Å². The van der Waals surface area contributed by atoms with E-state index in [1.54, 1.807) is 6.20 Å². The second kappa shape index (κ2) is 8.85. The highest BCUT2D eigenvalue weighted by Gasteiger charge is 2.21. The number of piperazine rings is 1. The molecule has 4 rings (SSSR count). The minimum Gasteiger partial charge on any atom is -0.368 e. The number of benzene rings is 1. The molecule has 0 radical (unpaired) electrons. The van der Waals surface area contributed by atoms with Gasteiger partial charge in [-0.15, -0.1) is 0 Å². The molecule has 1 aliphatic heterocycles. The standard InChI is InChI=1S/C24H32N4O/c1-18-7-6-10-23(19(18)2)28-13-11-27(12-14-28)22-15-20(16-25-17-22)24(29)26-21-8-4-3-5-9-21/h6-7,10,15-17,21H,3-5,8-9,11-14H2,1-2H3,(H,26,29). The summed E-state index contributed by atoms with van der Waals surface area (Å²) in [7, 11) is 0. The average Bonchev–Trinajstić information content (AvgIpc) is 2.77. The van der Waals surface area contributed by atoms with Crippen molar-refractivity contribution in [3.05, 3.63) is 53.3 Å². The van der Waals surface area contributed by atoms with E-state index in [9.17, 15) is 4.79 Å². The smallest absolute Gasteiger partial charge is 0.253 e. The number of nitrogens with zero attached hydrogens (tertiary/aromatic N) is 3. The van der Waals surface area contributed by atoms with Gasteiger partial charge in [-0.25, -0.2) is 0 Å². The van der Waals surface area contributed by atoms with E-state index >= 15 is 0 Å². The van der Waals surface area contributed by atoms with Crippen molar-refractivity contribution in [2.45, 2.75) is 52.0 Å². The largest absolute Gasteiger partial charge is 0.368 e. The van der Waals surface area contributed by atoms with Crippen molar-refractivity contribution in [2.24, 2.45) is 0 Å². The number of anilines is 2. The maximum atomic E-state index is 12.7. The van der Waals surface area contributed by atoms with Crippen LogP contribution in [0, 0.1) is 13.8 Å². The predicted molar refractivity (Wildman–Crippen MR) is 119 cm³/mol. The van der Waals surface area contributed by atoms with Crippen molar-refractivity contribution in [1.29, 1.82) is 0 Å². The van der Waals surface area contributed by atoms with E-state index in [4.69, 9.17) is 0 Å². The molecule has 1 saturated heterocycles. The van der Waals surface area contributed by atoms with Crippen molar-refractivity contribution < 1.29 is 4.79 Å². The number of carbonyl (C=O) groups is 1. The molecule has 0 bridgehead atoms. The molecule has 0 atom stereocenters. The van der Waals surface area contributed by atoms with Gasteiger partial charge in [0.05, 0.1) is 17.4 Å². The summed E-state index contributed by atoms with van der Waals surface area (Å²) in [4.78, 5) is 21.8. The Morgan fingerprint density at radius 3 is 2.48 bits per heavy atom. The molecule has 2 aliphatic rings. The first-order chi connectivity index (χ1) is 14.1. The molecule has 5 heteroatoms. The van der Waals surface area contributed by atoms with Crippen LogP contribution in [0.2, 0.25) is 0 Å². The highest BCUT2D eigenvalue weighted by Crippen LogP contribution is 2.25. The number of aromatic nitrogens is 1. The zero-order valence-corrected chi connectivity index (χ0v) is 17.7. The summed E-state index contributed by atoms with van der Waals surface area (Å²) in [5, 5.41) is 3.20. The van der Waals surface area contributed by atoms with Gasteiger partial charge in [0.25, 0.3) is 5.91 Å². The summed E-state index contributed by atoms with van der Waals surface area (Å²) in [6.07, 6.45) is 9.48. The summed E-state index contributed by atoms with van der Waals surface area (Å²) < 4.78 is 0. The monoisotopic (exact) mass is 392 g/mol. The number of rotatable bonds is 4. The van der Waals surface area contributed by atoms with Gasteiger partial charge in [-0.1, -0.05) is 31.4 Å². The van der Waals surface area contributed by atoms with Gasteiger partial charge in [0, 0.05) is 44.1 Å². The molecule has 2 aromatic rings. The normalized spacial score (nSPS) is 18.0. The Bertz CT molecular complexity index is 852. The van der Waals surface area contributed by atoms with Crippen LogP contribution >= 0.6 is 0 Å². The number of carbonyl (C=O) groups excluding carboxylic acids is 1. The van der Waals surface area contributed by atoms with Crippen molar-refractivity contribution in [1.82, 2.24) is 10.3 Å². The Morgan fingerprint density at radius 2 is 1.72 bits per heavy atom. The summed E-state index contributed by atoms with van der Waals surface area (Å²) in [5.41, 5.74) is 5.75. The topological polar surface area (TPSA) is 48.5 Å². The fourth-order valence-electron chi connectivity index (χ4n) is 4.52. The van der Waals surface area contributed by atoms with E-state index in [1.165, 1.54) is 36.1 Å². The lowest BCUT2D eigenvalue weighted by Gasteiger charge is -2.38. The maximum absolute atomic E-state index is 12.7. The maximum Gasteiger partial charge on any atom is 0.253 e. The molecule has 1 N–H and O–H groups in total. The first kappa shape index (κ1) is 19.7. The lowest BCUT2D eigenvalue weighted by Crippen LogP contribution is -2.47. The summed E-state index contributed by atoms with van der Waals surface area (Å²) >= 11 is 0. The number of nitrogens with one attached hydrogen (secondary N) is 1. The Morgan fingerprint density at radius 1 is 1.00 bits per heavy atom. The van der Waals surface area contributed by atoms with Crippen molar-refractivity contribution in [3.8, 4) is 0 Å².